The Kier molecular flexibility index (Phi) is 4.52. The highest BCUT2D eigenvalue weighted by molar-refractivity contribution is 5.94. The fourth-order valence-corrected chi connectivity index (χ4v) is 2.49. The first kappa shape index (κ1) is 16.1. The fourth-order valence-electron chi connectivity index (χ4n) is 2.49. The summed E-state index contributed by atoms with van der Waals surface area (Å²) in [5.74, 6) is -2.01. The normalized spacial score (nSPS) is 17.7. The predicted octanol–water partition coefficient (Wildman–Crippen LogP) is 0.391. The van der Waals surface area contributed by atoms with Gasteiger partial charge in [-0.3, -0.25) is 4.79 Å². The average molecular weight is 334 g/mol. The molecule has 1 unspecified atom stereocenters. The van der Waals surface area contributed by atoms with E-state index in [2.05, 4.69) is 10.3 Å². The highest BCUT2D eigenvalue weighted by Gasteiger charge is 2.34. The van der Waals surface area contributed by atoms with Crippen LogP contribution in [0.3, 0.4) is 0 Å². The van der Waals surface area contributed by atoms with Crippen LogP contribution in [0, 0.1) is 5.82 Å². The summed E-state index contributed by atoms with van der Waals surface area (Å²) in [6.07, 6.45) is 1.42. The van der Waals surface area contributed by atoms with Crippen LogP contribution in [0.5, 0.6) is 0 Å². The van der Waals surface area contributed by atoms with Crippen LogP contribution >= 0.6 is 0 Å². The van der Waals surface area contributed by atoms with Crippen LogP contribution in [0.15, 0.2) is 30.5 Å². The van der Waals surface area contributed by atoms with Crippen molar-refractivity contribution < 1.29 is 23.8 Å². The molecule has 1 fully saturated rings. The minimum atomic E-state index is -1.13. The van der Waals surface area contributed by atoms with Gasteiger partial charge in [0.1, 0.15) is 5.82 Å². The zero-order valence-electron chi connectivity index (χ0n) is 12.6. The molecule has 1 aliphatic rings. The number of benzene rings is 1. The number of aliphatic carboxylic acids is 1. The number of rotatable bonds is 4. The molecule has 126 valence electrons. The summed E-state index contributed by atoms with van der Waals surface area (Å²) >= 11 is 0. The molecule has 1 aromatic carbocycles. The lowest BCUT2D eigenvalue weighted by atomic mass is 10.2. The zero-order chi connectivity index (χ0) is 17.1. The van der Waals surface area contributed by atoms with Crippen molar-refractivity contribution in [2.45, 2.75) is 12.6 Å². The van der Waals surface area contributed by atoms with Crippen LogP contribution in [-0.2, 0) is 16.1 Å². The molecule has 2 heterocycles. The maximum absolute atomic E-state index is 13.2. The lowest BCUT2D eigenvalue weighted by Crippen LogP contribution is -2.52. The van der Waals surface area contributed by atoms with Crippen LogP contribution in [0.25, 0.3) is 0 Å². The molecule has 0 spiro atoms. The van der Waals surface area contributed by atoms with Crippen LogP contribution in [0.2, 0.25) is 0 Å². The Labute approximate surface area is 136 Å². The molecule has 8 nitrogen and oxygen atoms in total. The second-order valence-corrected chi connectivity index (χ2v) is 5.36. The van der Waals surface area contributed by atoms with Gasteiger partial charge in [-0.2, -0.15) is 0 Å². The molecule has 3 rings (SSSR count). The molecule has 0 radical (unpaired) electrons. The maximum atomic E-state index is 13.2. The highest BCUT2D eigenvalue weighted by atomic mass is 19.1. The summed E-state index contributed by atoms with van der Waals surface area (Å²) in [4.78, 5) is 24.9. The number of carboxylic acid groups (broad SMARTS) is 1. The first-order valence-electron chi connectivity index (χ1n) is 7.30. The van der Waals surface area contributed by atoms with E-state index in [0.29, 0.717) is 5.56 Å². The summed E-state index contributed by atoms with van der Waals surface area (Å²) in [7, 11) is 0. The summed E-state index contributed by atoms with van der Waals surface area (Å²) in [5.41, 5.74) is 0.716. The minimum Gasteiger partial charge on any atom is -0.480 e. The van der Waals surface area contributed by atoms with Crippen molar-refractivity contribution in [1.29, 1.82) is 0 Å². The van der Waals surface area contributed by atoms with E-state index < -0.39 is 17.9 Å². The van der Waals surface area contributed by atoms with E-state index in [1.807, 2.05) is 0 Å². The Bertz CT molecular complexity index is 763. The molecule has 0 aliphatic carbocycles. The van der Waals surface area contributed by atoms with Gasteiger partial charge in [-0.25, -0.2) is 13.9 Å². The number of nitrogens with zero attached hydrogens (tertiary/aromatic N) is 4. The van der Waals surface area contributed by atoms with E-state index in [-0.39, 0.29) is 37.8 Å². The number of amides is 1. The summed E-state index contributed by atoms with van der Waals surface area (Å²) in [6, 6.07) is 4.98. The van der Waals surface area contributed by atoms with E-state index in [1.54, 1.807) is 12.1 Å². The number of morpholine rings is 1. The van der Waals surface area contributed by atoms with Gasteiger partial charge < -0.3 is 14.7 Å². The van der Waals surface area contributed by atoms with Gasteiger partial charge in [0, 0.05) is 6.54 Å². The first-order valence-corrected chi connectivity index (χ1v) is 7.30. The van der Waals surface area contributed by atoms with Crippen molar-refractivity contribution in [2.75, 3.05) is 19.8 Å². The Morgan fingerprint density at radius 1 is 1.42 bits per heavy atom. The maximum Gasteiger partial charge on any atom is 0.328 e. The molecule has 0 saturated carbocycles. The molecule has 1 saturated heterocycles. The summed E-state index contributed by atoms with van der Waals surface area (Å²) < 4.78 is 19.7. The third-order valence-corrected chi connectivity index (χ3v) is 3.67. The molecule has 1 atom stereocenters. The van der Waals surface area contributed by atoms with Gasteiger partial charge in [0.05, 0.1) is 26.0 Å². The van der Waals surface area contributed by atoms with Crippen LogP contribution in [0.1, 0.15) is 16.1 Å². The Morgan fingerprint density at radius 2 is 2.25 bits per heavy atom. The van der Waals surface area contributed by atoms with Gasteiger partial charge in [-0.05, 0) is 17.7 Å². The van der Waals surface area contributed by atoms with E-state index in [4.69, 9.17) is 4.74 Å². The largest absolute Gasteiger partial charge is 0.480 e. The van der Waals surface area contributed by atoms with Crippen molar-refractivity contribution in [3.8, 4) is 0 Å². The van der Waals surface area contributed by atoms with Crippen molar-refractivity contribution in [2.24, 2.45) is 0 Å². The zero-order valence-corrected chi connectivity index (χ0v) is 12.6. The molecular formula is C15H15FN4O4. The third-order valence-electron chi connectivity index (χ3n) is 3.67. The first-order chi connectivity index (χ1) is 11.5. The number of hydrogen-bond donors (Lipinski definition) is 1. The number of halogens is 1. The molecule has 1 amide bonds. The van der Waals surface area contributed by atoms with Gasteiger partial charge in [0.2, 0.25) is 0 Å². The van der Waals surface area contributed by atoms with E-state index in [0.717, 1.165) is 0 Å². The monoisotopic (exact) mass is 334 g/mol. The topological polar surface area (TPSA) is 97.6 Å². The molecule has 1 aliphatic heterocycles. The van der Waals surface area contributed by atoms with Gasteiger partial charge in [-0.15, -0.1) is 5.10 Å². The highest BCUT2D eigenvalue weighted by Crippen LogP contribution is 2.12. The second kappa shape index (κ2) is 6.75. The van der Waals surface area contributed by atoms with Gasteiger partial charge >= 0.3 is 5.97 Å². The summed E-state index contributed by atoms with van der Waals surface area (Å²) in [5, 5.41) is 16.8. The van der Waals surface area contributed by atoms with Crippen molar-refractivity contribution in [3.05, 3.63) is 47.5 Å². The number of carboxylic acids is 1. The van der Waals surface area contributed by atoms with Crippen molar-refractivity contribution >= 4 is 11.9 Å². The smallest absolute Gasteiger partial charge is 0.328 e. The lowest BCUT2D eigenvalue weighted by molar-refractivity contribution is -0.147. The quantitative estimate of drug-likeness (QED) is 0.869. The standard InChI is InChI=1S/C15H15FN4O4/c16-11-3-1-2-10(6-11)7-19-8-12(17-18-19)14(21)20-4-5-24-9-13(20)15(22)23/h1-3,6,8,13H,4-5,7,9H2,(H,22,23). The van der Waals surface area contributed by atoms with E-state index in [1.165, 1.54) is 27.9 Å². The molecular weight excluding hydrogens is 319 g/mol. The molecule has 24 heavy (non-hydrogen) atoms. The fraction of sp³-hybridized carbons (Fsp3) is 0.333. The minimum absolute atomic E-state index is 0.0413. The van der Waals surface area contributed by atoms with Gasteiger partial charge in [-0.1, -0.05) is 17.3 Å². The SMILES string of the molecule is O=C(O)C1COCCN1C(=O)c1cn(Cc2cccc(F)c2)nn1. The number of aromatic nitrogens is 3. The molecule has 2 aromatic rings. The lowest BCUT2D eigenvalue weighted by Gasteiger charge is -2.32. The van der Waals surface area contributed by atoms with Crippen LogP contribution in [0.4, 0.5) is 4.39 Å². The number of hydrogen-bond acceptors (Lipinski definition) is 5. The van der Waals surface area contributed by atoms with Crippen LogP contribution < -0.4 is 0 Å². The predicted molar refractivity (Wildman–Crippen MR) is 78.8 cm³/mol. The Balaban J connectivity index is 1.74. The van der Waals surface area contributed by atoms with Crippen LogP contribution in [-0.4, -0.2) is 62.7 Å². The van der Waals surface area contributed by atoms with Gasteiger partial charge in [0.15, 0.2) is 11.7 Å². The Hall–Kier alpha value is -2.81. The Morgan fingerprint density at radius 3 is 3.00 bits per heavy atom. The van der Waals surface area contributed by atoms with Gasteiger partial charge in [0.25, 0.3) is 5.91 Å². The van der Waals surface area contributed by atoms with E-state index >= 15 is 0 Å². The second-order valence-electron chi connectivity index (χ2n) is 5.36. The van der Waals surface area contributed by atoms with Crippen molar-refractivity contribution in [1.82, 2.24) is 19.9 Å². The average Bonchev–Trinajstić information content (AvgIpc) is 3.02. The molecule has 9 heteroatoms. The third kappa shape index (κ3) is 3.40. The molecule has 1 N–H and O–H groups in total. The molecule has 1 aromatic heterocycles. The number of carbonyl (C=O) groups excluding carboxylic acids is 1. The summed E-state index contributed by atoms with van der Waals surface area (Å²) in [6.45, 7) is 0.640. The number of ether oxygens (including phenoxy) is 1. The molecule has 0 bridgehead atoms. The van der Waals surface area contributed by atoms with E-state index in [9.17, 15) is 19.1 Å². The van der Waals surface area contributed by atoms with Crippen molar-refractivity contribution in [3.63, 3.8) is 0 Å². The number of carbonyl (C=O) groups is 2.